The third kappa shape index (κ3) is 2.58. The summed E-state index contributed by atoms with van der Waals surface area (Å²) in [6.45, 7) is 4.03. The summed E-state index contributed by atoms with van der Waals surface area (Å²) in [5.74, 6) is 0.287. The number of aromatic nitrogens is 1. The maximum atomic E-state index is 13.3. The van der Waals surface area contributed by atoms with E-state index in [1.807, 2.05) is 30.3 Å². The number of piperidine rings is 1. The lowest BCUT2D eigenvalue weighted by atomic mass is 9.70. The lowest BCUT2D eigenvalue weighted by molar-refractivity contribution is 0.0706. The van der Waals surface area contributed by atoms with E-state index in [1.54, 1.807) is 6.20 Å². The van der Waals surface area contributed by atoms with Gasteiger partial charge in [-0.15, -0.1) is 0 Å². The van der Waals surface area contributed by atoms with Crippen LogP contribution in [-0.2, 0) is 0 Å². The maximum Gasteiger partial charge on any atom is 0.171 e. The van der Waals surface area contributed by atoms with Crippen LogP contribution in [0, 0.1) is 5.41 Å². The molecule has 1 aliphatic heterocycles. The summed E-state index contributed by atoms with van der Waals surface area (Å²) >= 11 is 0. The van der Waals surface area contributed by atoms with E-state index in [1.165, 1.54) is 0 Å². The molecule has 1 fully saturated rings. The zero-order chi connectivity index (χ0) is 14.7. The number of benzene rings is 1. The highest BCUT2D eigenvalue weighted by Crippen LogP contribution is 2.38. The van der Waals surface area contributed by atoms with E-state index in [-0.39, 0.29) is 11.2 Å². The second kappa shape index (κ2) is 5.94. The average Bonchev–Trinajstić information content (AvgIpc) is 2.55. The molecule has 0 spiro atoms. The highest BCUT2D eigenvalue weighted by atomic mass is 16.1. The number of para-hydroxylation sites is 1. The van der Waals surface area contributed by atoms with E-state index < -0.39 is 0 Å². The quantitative estimate of drug-likeness (QED) is 0.871. The van der Waals surface area contributed by atoms with Crippen LogP contribution in [0.4, 0.5) is 0 Å². The lowest BCUT2D eigenvalue weighted by Gasteiger charge is -2.36. The monoisotopic (exact) mass is 282 g/mol. The van der Waals surface area contributed by atoms with Crippen LogP contribution in [0.15, 0.2) is 36.5 Å². The number of pyridine rings is 1. The fraction of sp³-hybridized carbons (Fsp3) is 0.444. The zero-order valence-corrected chi connectivity index (χ0v) is 12.6. The number of carbonyl (C=O) groups is 1. The van der Waals surface area contributed by atoms with Crippen LogP contribution in [0.2, 0.25) is 0 Å². The van der Waals surface area contributed by atoms with E-state index in [4.69, 9.17) is 0 Å². The Labute approximate surface area is 125 Å². The van der Waals surface area contributed by atoms with Crippen LogP contribution in [0.1, 0.15) is 43.0 Å². The summed E-state index contributed by atoms with van der Waals surface area (Å²) in [6.07, 6.45) is 5.65. The molecule has 0 amide bonds. The van der Waals surface area contributed by atoms with E-state index >= 15 is 0 Å². The number of Topliss-reactive ketones (excluding diaryl/α,β-unsaturated/α-hetero) is 1. The normalized spacial score (nSPS) is 17.8. The van der Waals surface area contributed by atoms with Crippen molar-refractivity contribution in [2.75, 3.05) is 13.1 Å². The van der Waals surface area contributed by atoms with Gasteiger partial charge in [0.1, 0.15) is 0 Å². The second-order valence-corrected chi connectivity index (χ2v) is 5.99. The smallest absolute Gasteiger partial charge is 0.171 e. The first-order valence-electron chi connectivity index (χ1n) is 7.86. The topological polar surface area (TPSA) is 42.0 Å². The van der Waals surface area contributed by atoms with Crippen molar-refractivity contribution < 1.29 is 4.79 Å². The summed E-state index contributed by atoms with van der Waals surface area (Å²) in [6, 6.07) is 9.88. The fourth-order valence-electron chi connectivity index (χ4n) is 3.55. The van der Waals surface area contributed by atoms with Gasteiger partial charge in [0.05, 0.1) is 5.52 Å². The van der Waals surface area contributed by atoms with E-state index in [2.05, 4.69) is 17.2 Å². The Bertz CT molecular complexity index is 634. The van der Waals surface area contributed by atoms with Crippen LogP contribution in [0.25, 0.3) is 10.9 Å². The summed E-state index contributed by atoms with van der Waals surface area (Å²) in [4.78, 5) is 17.7. The standard InChI is InChI=1S/C18H22N2O/c1-2-8-18(9-12-19-13-10-18)17(21)15-7-3-5-14-6-4-11-20-16(14)15/h3-7,11,19H,2,8-10,12-13H2,1H3. The molecular formula is C18H22N2O. The molecular weight excluding hydrogens is 260 g/mol. The summed E-state index contributed by atoms with van der Waals surface area (Å²) in [7, 11) is 0. The maximum absolute atomic E-state index is 13.3. The Kier molecular flexibility index (Phi) is 4.02. The van der Waals surface area contributed by atoms with E-state index in [9.17, 15) is 4.79 Å². The largest absolute Gasteiger partial charge is 0.317 e. The van der Waals surface area contributed by atoms with Gasteiger partial charge < -0.3 is 5.32 Å². The molecule has 0 bridgehead atoms. The molecule has 21 heavy (non-hydrogen) atoms. The van der Waals surface area contributed by atoms with Crippen LogP contribution in [0.5, 0.6) is 0 Å². The number of rotatable bonds is 4. The van der Waals surface area contributed by atoms with Crippen molar-refractivity contribution in [3.63, 3.8) is 0 Å². The van der Waals surface area contributed by atoms with Crippen LogP contribution >= 0.6 is 0 Å². The van der Waals surface area contributed by atoms with Crippen molar-refractivity contribution in [3.05, 3.63) is 42.1 Å². The molecule has 1 aliphatic rings. The number of fused-ring (bicyclic) bond motifs is 1. The molecule has 0 aliphatic carbocycles. The molecule has 0 unspecified atom stereocenters. The minimum atomic E-state index is -0.203. The number of hydrogen-bond acceptors (Lipinski definition) is 3. The number of hydrogen-bond donors (Lipinski definition) is 1. The number of ketones is 1. The first-order chi connectivity index (χ1) is 10.3. The SMILES string of the molecule is CCCC1(C(=O)c2cccc3cccnc23)CCNCC1. The number of nitrogens with one attached hydrogen (secondary N) is 1. The van der Waals surface area contributed by atoms with E-state index in [0.29, 0.717) is 0 Å². The highest BCUT2D eigenvalue weighted by Gasteiger charge is 2.39. The van der Waals surface area contributed by atoms with Crippen molar-refractivity contribution >= 4 is 16.7 Å². The van der Waals surface area contributed by atoms with Gasteiger partial charge in [0.2, 0.25) is 0 Å². The molecule has 2 heterocycles. The Morgan fingerprint density at radius 1 is 1.24 bits per heavy atom. The Morgan fingerprint density at radius 3 is 2.76 bits per heavy atom. The lowest BCUT2D eigenvalue weighted by Crippen LogP contribution is -2.42. The third-order valence-corrected chi connectivity index (χ3v) is 4.65. The third-order valence-electron chi connectivity index (χ3n) is 4.65. The van der Waals surface area contributed by atoms with E-state index in [0.717, 1.165) is 55.2 Å². The molecule has 1 N–H and O–H groups in total. The average molecular weight is 282 g/mol. The molecule has 2 aromatic rings. The highest BCUT2D eigenvalue weighted by molar-refractivity contribution is 6.09. The molecule has 110 valence electrons. The molecule has 0 saturated carbocycles. The molecule has 3 heteroatoms. The minimum absolute atomic E-state index is 0.203. The Morgan fingerprint density at radius 2 is 2.00 bits per heavy atom. The predicted octanol–water partition coefficient (Wildman–Crippen LogP) is 3.59. The van der Waals surface area contributed by atoms with Crippen LogP contribution in [-0.4, -0.2) is 23.9 Å². The Hall–Kier alpha value is -1.74. The first-order valence-corrected chi connectivity index (χ1v) is 7.86. The molecule has 3 nitrogen and oxygen atoms in total. The zero-order valence-electron chi connectivity index (χ0n) is 12.6. The van der Waals surface area contributed by atoms with Crippen molar-refractivity contribution in [1.82, 2.24) is 10.3 Å². The molecule has 1 saturated heterocycles. The van der Waals surface area contributed by atoms with Gasteiger partial charge in [-0.1, -0.05) is 31.5 Å². The molecule has 3 rings (SSSR count). The first kappa shape index (κ1) is 14.2. The van der Waals surface area contributed by atoms with Crippen molar-refractivity contribution in [2.45, 2.75) is 32.6 Å². The van der Waals surface area contributed by atoms with Crippen molar-refractivity contribution in [2.24, 2.45) is 5.41 Å². The van der Waals surface area contributed by atoms with Gasteiger partial charge in [-0.2, -0.15) is 0 Å². The van der Waals surface area contributed by atoms with Gasteiger partial charge in [0, 0.05) is 22.6 Å². The molecule has 0 atom stereocenters. The summed E-state index contributed by atoms with van der Waals surface area (Å²) < 4.78 is 0. The molecule has 0 radical (unpaired) electrons. The van der Waals surface area contributed by atoms with Gasteiger partial charge in [-0.05, 0) is 44.5 Å². The van der Waals surface area contributed by atoms with Gasteiger partial charge in [0.15, 0.2) is 5.78 Å². The number of carbonyl (C=O) groups excluding carboxylic acids is 1. The van der Waals surface area contributed by atoms with Crippen LogP contribution < -0.4 is 5.32 Å². The second-order valence-electron chi connectivity index (χ2n) is 5.99. The van der Waals surface area contributed by atoms with Gasteiger partial charge in [-0.25, -0.2) is 0 Å². The summed E-state index contributed by atoms with van der Waals surface area (Å²) in [5.41, 5.74) is 1.44. The number of nitrogens with zero attached hydrogens (tertiary/aromatic N) is 1. The minimum Gasteiger partial charge on any atom is -0.317 e. The van der Waals surface area contributed by atoms with Gasteiger partial charge in [0.25, 0.3) is 0 Å². The molecule has 1 aromatic carbocycles. The van der Waals surface area contributed by atoms with Gasteiger partial charge in [-0.3, -0.25) is 9.78 Å². The molecule has 1 aromatic heterocycles. The van der Waals surface area contributed by atoms with Gasteiger partial charge >= 0.3 is 0 Å². The summed E-state index contributed by atoms with van der Waals surface area (Å²) in [5, 5.41) is 4.42. The van der Waals surface area contributed by atoms with Crippen LogP contribution in [0.3, 0.4) is 0 Å². The van der Waals surface area contributed by atoms with Crippen molar-refractivity contribution in [3.8, 4) is 0 Å². The fourth-order valence-corrected chi connectivity index (χ4v) is 3.55. The van der Waals surface area contributed by atoms with Crippen molar-refractivity contribution in [1.29, 1.82) is 0 Å². The Balaban J connectivity index is 2.06. The predicted molar refractivity (Wildman–Crippen MR) is 85.5 cm³/mol.